The Morgan fingerprint density at radius 2 is 0.541 bits per heavy atom. The third kappa shape index (κ3) is 10.2. The number of rotatable bonds is 9. The number of ketones is 1. The minimum absolute atomic E-state index is 0. The van der Waals surface area contributed by atoms with Crippen molar-refractivity contribution in [3.05, 3.63) is 337 Å². The number of carbonyl (C=O) groups is 1. The molecular formula is C96H62Cu2N8O3. The van der Waals surface area contributed by atoms with Crippen LogP contribution in [-0.2, 0) is 38.9 Å². The molecule has 0 saturated heterocycles. The predicted octanol–water partition coefficient (Wildman–Crippen LogP) is 19.8. The molecule has 109 heavy (non-hydrogen) atoms. The fraction of sp³-hybridized carbons (Fsp3) is 0.0729. The maximum absolute atomic E-state index is 17.9. The number of allylic oxidation sites excluding steroid dienone is 2. The van der Waals surface area contributed by atoms with Crippen molar-refractivity contribution >= 4 is 96.5 Å². The average Bonchev–Trinajstić information content (AvgIpc) is 1.46. The van der Waals surface area contributed by atoms with Gasteiger partial charge in [-0.25, -0.2) is 19.9 Å². The van der Waals surface area contributed by atoms with Crippen LogP contribution in [0.2, 0.25) is 0 Å². The second-order valence-electron chi connectivity index (χ2n) is 28.6. The first-order valence-electron chi connectivity index (χ1n) is 36.3. The van der Waals surface area contributed by atoms with E-state index in [-0.39, 0.29) is 39.9 Å². The molecule has 18 bridgehead atoms. The zero-order chi connectivity index (χ0) is 71.2. The number of benzene rings is 8. The molecule has 0 amide bonds. The summed E-state index contributed by atoms with van der Waals surface area (Å²) in [4.78, 5) is 64.0. The molecule has 11 nitrogen and oxygen atoms in total. The standard InChI is InChI=1S/C96H63N8O3.2Cu/c1-95-87(84-86(94(95)106)92-82(62-40-24-9-25-41-62)74-53-49-70(102-74)78(58-32-16-5-17-33-58)66-45-43-64(98-66)76(56-28-12-3-13-29-56)68-47-51-72(100-68)80(90(84)104-92)60-36-20-7-21-37-60)88-83-85(93(95)96(88,107)54-105)91-81(61-38-22-8-23-39-61)73-52-48-69(101-73)77(57-30-14-4-15-31-57)65-44-42-63(97-65)75(55-26-10-2-11-27-55)67-46-50-71(99-67)79(89(83)103-91)59-34-18-6-19-35-59;;/h2-53,87-88,93,105,107H,54H2,1H3,(H-3,97,98,99,100,101,102,103,104,106);;/q-3;2*+2/p-1/t87?,88-,93+,95?,96?;;/m1../s1. The van der Waals surface area contributed by atoms with Crippen LogP contribution >= 0.6 is 0 Å². The number of aromatic nitrogens is 8. The summed E-state index contributed by atoms with van der Waals surface area (Å²) in [6, 6.07) is 98.3. The van der Waals surface area contributed by atoms with Gasteiger partial charge in [0.25, 0.3) is 0 Å². The van der Waals surface area contributed by atoms with Crippen molar-refractivity contribution in [2.24, 2.45) is 23.2 Å². The summed E-state index contributed by atoms with van der Waals surface area (Å²) in [5.74, 6) is -3.18. The molecule has 4 aliphatic heterocycles. The smallest absolute Gasteiger partial charge is 0.657 e. The van der Waals surface area contributed by atoms with Gasteiger partial charge in [-0.1, -0.05) is 298 Å². The maximum Gasteiger partial charge on any atom is 2.00 e. The molecule has 2 N–H and O–H groups in total. The molecule has 0 spiro atoms. The fourth-order valence-electron chi connectivity index (χ4n) is 18.5. The monoisotopic (exact) mass is 1500 g/mol. The van der Waals surface area contributed by atoms with E-state index in [4.69, 9.17) is 39.9 Å². The van der Waals surface area contributed by atoms with Crippen molar-refractivity contribution in [3.63, 3.8) is 0 Å². The van der Waals surface area contributed by atoms with E-state index in [1.165, 1.54) is 0 Å². The molecule has 3 unspecified atom stereocenters. The second-order valence-corrected chi connectivity index (χ2v) is 28.6. The average molecular weight is 1500 g/mol. The Kier molecular flexibility index (Phi) is 16.2. The molecule has 8 aromatic carbocycles. The largest absolute Gasteiger partial charge is 2.00 e. The van der Waals surface area contributed by atoms with Gasteiger partial charge in [-0.05, 0) is 130 Å². The van der Waals surface area contributed by atoms with E-state index >= 15 is 4.79 Å². The summed E-state index contributed by atoms with van der Waals surface area (Å²) in [5, 5.41) is 27.6. The molecule has 1 saturated carbocycles. The summed E-state index contributed by atoms with van der Waals surface area (Å²) in [5.41, 5.74) is 22.4. The Morgan fingerprint density at radius 1 is 0.303 bits per heavy atom. The van der Waals surface area contributed by atoms with Crippen LogP contribution in [0.1, 0.15) is 52.5 Å². The summed E-state index contributed by atoms with van der Waals surface area (Å²) in [6.45, 7) is 1.33. The van der Waals surface area contributed by atoms with Crippen molar-refractivity contribution in [2.45, 2.75) is 12.5 Å². The Hall–Kier alpha value is -12.4. The van der Waals surface area contributed by atoms with Gasteiger partial charge in [-0.15, -0.1) is 44.1 Å². The van der Waals surface area contributed by atoms with E-state index < -0.39 is 35.4 Å². The van der Waals surface area contributed by atoms with Crippen molar-refractivity contribution < 1.29 is 49.1 Å². The minimum atomic E-state index is -1.99. The first-order chi connectivity index (χ1) is 52.7. The quantitative estimate of drug-likeness (QED) is 0.132. The van der Waals surface area contributed by atoms with E-state index in [0.717, 1.165) is 89.5 Å². The van der Waals surface area contributed by atoms with Crippen LogP contribution in [0, 0.1) is 23.2 Å². The van der Waals surface area contributed by atoms with E-state index in [1.807, 2.05) is 159 Å². The summed E-state index contributed by atoms with van der Waals surface area (Å²) >= 11 is 0. The van der Waals surface area contributed by atoms with Gasteiger partial charge in [0.05, 0.1) is 57.7 Å². The zero-order valence-electron chi connectivity index (χ0n) is 58.4. The van der Waals surface area contributed by atoms with Crippen LogP contribution in [-0.4, -0.2) is 48.1 Å². The van der Waals surface area contributed by atoms with Gasteiger partial charge < -0.3 is 30.1 Å². The molecular weight excluding hydrogens is 1440 g/mol. The topological polar surface area (TPSA) is 165 Å². The first kappa shape index (κ1) is 67.2. The normalized spacial score (nSPS) is 18.3. The van der Waals surface area contributed by atoms with Crippen LogP contribution in [0.4, 0.5) is 0 Å². The maximum atomic E-state index is 17.9. The van der Waals surface area contributed by atoms with Crippen LogP contribution in [0.5, 0.6) is 0 Å². The number of carbonyl (C=O) groups excluding carboxylic acids is 1. The van der Waals surface area contributed by atoms with E-state index in [2.05, 4.69) is 164 Å². The molecule has 10 heterocycles. The van der Waals surface area contributed by atoms with Gasteiger partial charge in [0.2, 0.25) is 0 Å². The van der Waals surface area contributed by atoms with Crippen molar-refractivity contribution in [1.82, 2.24) is 39.9 Å². The first-order valence-corrected chi connectivity index (χ1v) is 36.3. The zero-order valence-corrected chi connectivity index (χ0v) is 60.3. The van der Waals surface area contributed by atoms with Gasteiger partial charge in [0.15, 0.2) is 5.78 Å². The summed E-state index contributed by atoms with van der Waals surface area (Å²) in [6.07, 6.45) is 8.29. The van der Waals surface area contributed by atoms with Crippen molar-refractivity contribution in [3.8, 4) is 89.0 Å². The summed E-state index contributed by atoms with van der Waals surface area (Å²) in [7, 11) is 0. The predicted molar refractivity (Wildman–Crippen MR) is 428 cm³/mol. The van der Waals surface area contributed by atoms with Crippen molar-refractivity contribution in [1.29, 1.82) is 0 Å². The van der Waals surface area contributed by atoms with Gasteiger partial charge in [0.1, 0.15) is 5.60 Å². The molecule has 6 aromatic heterocycles. The molecule has 14 aromatic rings. The minimum Gasteiger partial charge on any atom is -0.657 e. The van der Waals surface area contributed by atoms with Crippen LogP contribution in [0.3, 0.4) is 0 Å². The fourth-order valence-corrected chi connectivity index (χ4v) is 18.5. The van der Waals surface area contributed by atoms with Gasteiger partial charge >= 0.3 is 34.1 Å². The molecule has 21 rings (SSSR count). The van der Waals surface area contributed by atoms with Crippen LogP contribution in [0.15, 0.2) is 291 Å². The molecule has 5 atom stereocenters. The van der Waals surface area contributed by atoms with E-state index in [1.54, 1.807) is 0 Å². The molecule has 3 aliphatic carbocycles. The Bertz CT molecular complexity index is 6590. The number of aliphatic hydroxyl groups excluding tert-OH is 1. The van der Waals surface area contributed by atoms with E-state index in [9.17, 15) is 10.2 Å². The number of hydrogen-bond donors (Lipinski definition) is 2. The Labute approximate surface area is 649 Å². The van der Waals surface area contributed by atoms with Crippen LogP contribution in [0.25, 0.3) is 180 Å². The number of aliphatic hydroxyl groups is 2. The second kappa shape index (κ2) is 26.2. The number of Topliss-reactive ketones (excluding diaryl/α,β-unsaturated/α-hetero) is 1. The van der Waals surface area contributed by atoms with Crippen LogP contribution < -0.4 is 19.9 Å². The third-order valence-electron chi connectivity index (χ3n) is 22.9. The van der Waals surface area contributed by atoms with Gasteiger partial charge in [-0.2, -0.15) is 0 Å². The van der Waals surface area contributed by atoms with Gasteiger partial charge in [0, 0.05) is 23.2 Å². The Morgan fingerprint density at radius 3 is 0.826 bits per heavy atom. The molecule has 1 fully saturated rings. The molecule has 2 radical (unpaired) electrons. The number of nitrogens with zero attached hydrogens (tertiary/aromatic N) is 8. The molecule has 13 heteroatoms. The molecule has 526 valence electrons. The van der Waals surface area contributed by atoms with E-state index in [0.29, 0.717) is 111 Å². The third-order valence-corrected chi connectivity index (χ3v) is 22.9. The van der Waals surface area contributed by atoms with Crippen molar-refractivity contribution in [2.75, 3.05) is 6.61 Å². The summed E-state index contributed by atoms with van der Waals surface area (Å²) < 4.78 is 0. The SMILES string of the molecule is CC12C(=O)C3=C(c4nc3c(-c3ccccc3)c3ccc([n-]3)c(-c3ccccc3)c3nc(c(-c5ccccc5)c5ccc([n-]5)c4-c4ccccc4)C=C3)C1[C@H]1C3=C(c4nc3c(-c3ccccc3)c3ccc([n-]3)c(-c3ccccc3)c3nc(c(-c5ccccc5)c5ccc([n-]5)c4-c4ccccc4)C=C3)[C@@H]2C1(O)CO.[Cu+2].[Cu+2]. The van der Waals surface area contributed by atoms with Gasteiger partial charge in [-0.3, -0.25) is 4.79 Å². The Balaban J connectivity index is 0.00000403. The molecule has 7 aliphatic rings. The number of fused-ring (bicyclic) bond motifs is 28. The number of hydrogen-bond acceptors (Lipinski definition) is 7.